The van der Waals surface area contributed by atoms with Crippen molar-refractivity contribution in [3.05, 3.63) is 35.4 Å². The summed E-state index contributed by atoms with van der Waals surface area (Å²) in [6.07, 6.45) is -0.745. The Morgan fingerprint density at radius 2 is 1.60 bits per heavy atom. The minimum absolute atomic E-state index is 0.107. The second-order valence-corrected chi connectivity index (χ2v) is 7.22. The van der Waals surface area contributed by atoms with E-state index >= 15 is 0 Å². The first-order valence-corrected chi connectivity index (χ1v) is 10.1. The van der Waals surface area contributed by atoms with Crippen molar-refractivity contribution < 1.29 is 18.3 Å². The molecule has 2 aromatic rings. The predicted octanol–water partition coefficient (Wildman–Crippen LogP) is 4.29. The van der Waals surface area contributed by atoms with Crippen LogP contribution in [0, 0.1) is 0 Å². The molecule has 1 aromatic heterocycles. The molecule has 0 radical (unpaired) electrons. The molecule has 0 aliphatic heterocycles. The van der Waals surface area contributed by atoms with Crippen LogP contribution in [-0.2, 0) is 12.7 Å². The lowest BCUT2D eigenvalue weighted by molar-refractivity contribution is -0.137. The Hall–Kier alpha value is -2.62. The fourth-order valence-electron chi connectivity index (χ4n) is 2.69. The zero-order chi connectivity index (χ0) is 22.0. The topological polar surface area (TPSA) is 95.0 Å². The number of unbranched alkanes of at least 4 members (excludes halogenated alkanes) is 3. The van der Waals surface area contributed by atoms with Crippen LogP contribution in [0.25, 0.3) is 0 Å². The molecule has 0 amide bonds. The largest absolute Gasteiger partial charge is 0.416 e. The fourth-order valence-corrected chi connectivity index (χ4v) is 2.69. The minimum atomic E-state index is -4.38. The first-order valence-electron chi connectivity index (χ1n) is 10.1. The van der Waals surface area contributed by atoms with Gasteiger partial charge in [-0.05, 0) is 44.4 Å². The third-order valence-electron chi connectivity index (χ3n) is 4.13. The molecular formula is C20H29F3N6O. The van der Waals surface area contributed by atoms with E-state index in [4.69, 9.17) is 5.11 Å². The first-order chi connectivity index (χ1) is 14.3. The van der Waals surface area contributed by atoms with Gasteiger partial charge in [0.2, 0.25) is 17.8 Å². The Morgan fingerprint density at radius 1 is 0.933 bits per heavy atom. The number of aliphatic hydroxyl groups excluding tert-OH is 1. The molecular weight excluding hydrogens is 397 g/mol. The number of nitrogens with zero attached hydrogens (tertiary/aromatic N) is 3. The molecule has 2 rings (SSSR count). The van der Waals surface area contributed by atoms with Crippen LogP contribution in [0.15, 0.2) is 24.3 Å². The molecule has 4 N–H and O–H groups in total. The molecule has 1 heterocycles. The van der Waals surface area contributed by atoms with E-state index in [9.17, 15) is 13.2 Å². The average molecular weight is 426 g/mol. The molecule has 166 valence electrons. The summed E-state index contributed by atoms with van der Waals surface area (Å²) in [4.78, 5) is 12.9. The maximum atomic E-state index is 12.9. The van der Waals surface area contributed by atoms with E-state index in [1.807, 2.05) is 13.8 Å². The zero-order valence-corrected chi connectivity index (χ0v) is 17.3. The number of alkyl halides is 3. The van der Waals surface area contributed by atoms with Crippen LogP contribution in [0.3, 0.4) is 0 Å². The third kappa shape index (κ3) is 8.40. The minimum Gasteiger partial charge on any atom is -0.396 e. The first kappa shape index (κ1) is 23.7. The summed E-state index contributed by atoms with van der Waals surface area (Å²) in [6.45, 7) is 4.92. The number of hydrogen-bond acceptors (Lipinski definition) is 7. The van der Waals surface area contributed by atoms with E-state index in [0.717, 1.165) is 37.8 Å². The second kappa shape index (κ2) is 11.5. The van der Waals surface area contributed by atoms with E-state index in [1.54, 1.807) is 6.07 Å². The summed E-state index contributed by atoms with van der Waals surface area (Å²) < 4.78 is 38.7. The molecule has 0 bridgehead atoms. The lowest BCUT2D eigenvalue weighted by atomic mass is 10.1. The highest BCUT2D eigenvalue weighted by Crippen LogP contribution is 2.29. The Morgan fingerprint density at radius 3 is 2.27 bits per heavy atom. The zero-order valence-electron chi connectivity index (χ0n) is 17.3. The van der Waals surface area contributed by atoms with Crippen LogP contribution in [0.1, 0.15) is 50.7 Å². The van der Waals surface area contributed by atoms with Gasteiger partial charge in [-0.3, -0.25) is 0 Å². The Balaban J connectivity index is 2.03. The van der Waals surface area contributed by atoms with Gasteiger partial charge in [-0.1, -0.05) is 25.0 Å². The van der Waals surface area contributed by atoms with Crippen LogP contribution in [-0.4, -0.2) is 39.3 Å². The number of aliphatic hydroxyl groups is 1. The summed E-state index contributed by atoms with van der Waals surface area (Å²) in [5.41, 5.74) is -0.217. The van der Waals surface area contributed by atoms with Crippen molar-refractivity contribution in [2.24, 2.45) is 0 Å². The summed E-state index contributed by atoms with van der Waals surface area (Å²) >= 11 is 0. The average Bonchev–Trinajstić information content (AvgIpc) is 2.68. The number of aromatic nitrogens is 3. The molecule has 0 fully saturated rings. The molecule has 0 unspecified atom stereocenters. The van der Waals surface area contributed by atoms with Gasteiger partial charge in [-0.2, -0.15) is 28.1 Å². The van der Waals surface area contributed by atoms with Crippen molar-refractivity contribution in [2.45, 2.75) is 58.3 Å². The molecule has 0 saturated heterocycles. The Labute approximate surface area is 174 Å². The molecule has 10 heteroatoms. The van der Waals surface area contributed by atoms with Crippen LogP contribution in [0.4, 0.5) is 31.0 Å². The number of halogens is 3. The second-order valence-electron chi connectivity index (χ2n) is 7.22. The van der Waals surface area contributed by atoms with E-state index in [0.29, 0.717) is 24.0 Å². The lowest BCUT2D eigenvalue weighted by Gasteiger charge is -2.13. The van der Waals surface area contributed by atoms with Gasteiger partial charge in [0.05, 0.1) is 5.56 Å². The molecule has 0 aliphatic carbocycles. The predicted molar refractivity (Wildman–Crippen MR) is 111 cm³/mol. The van der Waals surface area contributed by atoms with Crippen LogP contribution in [0.5, 0.6) is 0 Å². The molecule has 7 nitrogen and oxygen atoms in total. The smallest absolute Gasteiger partial charge is 0.396 e. The van der Waals surface area contributed by atoms with Gasteiger partial charge in [-0.25, -0.2) is 0 Å². The molecule has 1 aromatic carbocycles. The Bertz CT molecular complexity index is 785. The maximum Gasteiger partial charge on any atom is 0.416 e. The van der Waals surface area contributed by atoms with Crippen molar-refractivity contribution in [2.75, 3.05) is 29.1 Å². The summed E-state index contributed by atoms with van der Waals surface area (Å²) in [5, 5.41) is 18.0. The van der Waals surface area contributed by atoms with Crippen LogP contribution < -0.4 is 16.0 Å². The highest BCUT2D eigenvalue weighted by molar-refractivity contribution is 5.43. The van der Waals surface area contributed by atoms with Gasteiger partial charge >= 0.3 is 6.18 Å². The number of nitrogens with one attached hydrogen (secondary N) is 3. The fraction of sp³-hybridized carbons (Fsp3) is 0.550. The maximum absolute atomic E-state index is 12.9. The van der Waals surface area contributed by atoms with E-state index in [1.165, 1.54) is 6.07 Å². The SMILES string of the molecule is CC(C)Nc1nc(NCCCCCCO)nc(NCc2cccc(C(F)(F)F)c2)n1. The van der Waals surface area contributed by atoms with Gasteiger partial charge < -0.3 is 21.1 Å². The molecule has 30 heavy (non-hydrogen) atoms. The quantitative estimate of drug-likeness (QED) is 0.376. The third-order valence-corrected chi connectivity index (χ3v) is 4.13. The number of hydrogen-bond donors (Lipinski definition) is 4. The highest BCUT2D eigenvalue weighted by Gasteiger charge is 2.30. The van der Waals surface area contributed by atoms with Crippen LogP contribution >= 0.6 is 0 Å². The number of benzene rings is 1. The Kier molecular flexibility index (Phi) is 9.10. The standard InChI is InChI=1S/C20H29F3N6O/c1-14(2)26-19-28-17(24-10-5-3-4-6-11-30)27-18(29-19)25-13-15-8-7-9-16(12-15)20(21,22)23/h7-9,12,14,30H,3-6,10-11,13H2,1-2H3,(H3,24,25,26,27,28,29). The van der Waals surface area contributed by atoms with Gasteiger partial charge in [0.1, 0.15) is 0 Å². The monoisotopic (exact) mass is 426 g/mol. The number of rotatable bonds is 12. The molecule has 0 aliphatic rings. The van der Waals surface area contributed by atoms with Crippen molar-refractivity contribution in [3.63, 3.8) is 0 Å². The van der Waals surface area contributed by atoms with Crippen LogP contribution in [0.2, 0.25) is 0 Å². The van der Waals surface area contributed by atoms with E-state index < -0.39 is 11.7 Å². The van der Waals surface area contributed by atoms with Crippen molar-refractivity contribution in [1.29, 1.82) is 0 Å². The highest BCUT2D eigenvalue weighted by atomic mass is 19.4. The van der Waals surface area contributed by atoms with Gasteiger partial charge in [0.25, 0.3) is 0 Å². The lowest BCUT2D eigenvalue weighted by Crippen LogP contribution is -2.17. The molecule has 0 spiro atoms. The summed E-state index contributed by atoms with van der Waals surface area (Å²) in [5.74, 6) is 1.05. The van der Waals surface area contributed by atoms with E-state index in [2.05, 4.69) is 30.9 Å². The molecule has 0 atom stereocenters. The summed E-state index contributed by atoms with van der Waals surface area (Å²) in [6, 6.07) is 5.24. The van der Waals surface area contributed by atoms with Gasteiger partial charge in [-0.15, -0.1) is 0 Å². The molecule has 0 saturated carbocycles. The summed E-state index contributed by atoms with van der Waals surface area (Å²) in [7, 11) is 0. The van der Waals surface area contributed by atoms with E-state index in [-0.39, 0.29) is 25.1 Å². The normalized spacial score (nSPS) is 11.6. The van der Waals surface area contributed by atoms with Crippen molar-refractivity contribution in [3.8, 4) is 0 Å². The van der Waals surface area contributed by atoms with Crippen molar-refractivity contribution >= 4 is 17.8 Å². The van der Waals surface area contributed by atoms with Gasteiger partial charge in [0, 0.05) is 25.7 Å². The van der Waals surface area contributed by atoms with Crippen molar-refractivity contribution in [1.82, 2.24) is 15.0 Å². The number of anilines is 3. The van der Waals surface area contributed by atoms with Gasteiger partial charge in [0.15, 0.2) is 0 Å².